The molecule has 0 amide bonds. The largest absolute Gasteiger partial charge is 0.228 e. The molecule has 3 aromatic rings. The molecule has 19 heavy (non-hydrogen) atoms. The van der Waals surface area contributed by atoms with Gasteiger partial charge in [0.25, 0.3) is 0 Å². The zero-order valence-electron chi connectivity index (χ0n) is 9.57. The molecule has 0 fully saturated rings. The molecule has 0 aliphatic rings. The van der Waals surface area contributed by atoms with Crippen molar-refractivity contribution in [3.8, 4) is 11.4 Å². The molecule has 0 unspecified atom stereocenters. The molecule has 0 atom stereocenters. The first-order valence-electron chi connectivity index (χ1n) is 5.53. The fourth-order valence-corrected chi connectivity index (χ4v) is 2.28. The Bertz CT molecular complexity index is 774. The lowest BCUT2D eigenvalue weighted by Gasteiger charge is -2.06. The van der Waals surface area contributed by atoms with Gasteiger partial charge in [-0.15, -0.1) is 0 Å². The average molecular weight is 293 g/mol. The summed E-state index contributed by atoms with van der Waals surface area (Å²) in [6.45, 7) is 0. The van der Waals surface area contributed by atoms with E-state index in [1.165, 1.54) is 12.1 Å². The third-order valence-electron chi connectivity index (χ3n) is 2.73. The lowest BCUT2D eigenvalue weighted by molar-refractivity contribution is 0.629. The molecule has 3 rings (SSSR count). The van der Waals surface area contributed by atoms with Crippen LogP contribution in [0.2, 0.25) is 10.2 Å². The molecule has 1 aromatic heterocycles. The van der Waals surface area contributed by atoms with Crippen LogP contribution in [-0.2, 0) is 0 Å². The highest BCUT2D eigenvalue weighted by Crippen LogP contribution is 2.29. The minimum Gasteiger partial charge on any atom is -0.228 e. The fraction of sp³-hybridized carbons (Fsp3) is 0. The summed E-state index contributed by atoms with van der Waals surface area (Å²) in [6, 6.07) is 11.4. The maximum atomic E-state index is 13.2. The van der Waals surface area contributed by atoms with Crippen LogP contribution in [0.15, 0.2) is 42.5 Å². The summed E-state index contributed by atoms with van der Waals surface area (Å²) in [5.41, 5.74) is 1.27. The number of benzene rings is 2. The van der Waals surface area contributed by atoms with Gasteiger partial charge in [0.2, 0.25) is 0 Å². The highest BCUT2D eigenvalue weighted by Gasteiger charge is 2.10. The van der Waals surface area contributed by atoms with Gasteiger partial charge in [-0.25, -0.2) is 14.4 Å². The first-order chi connectivity index (χ1) is 9.15. The van der Waals surface area contributed by atoms with Crippen LogP contribution >= 0.6 is 23.2 Å². The van der Waals surface area contributed by atoms with E-state index in [9.17, 15) is 4.39 Å². The van der Waals surface area contributed by atoms with E-state index in [1.54, 1.807) is 12.1 Å². The van der Waals surface area contributed by atoms with E-state index < -0.39 is 0 Å². The van der Waals surface area contributed by atoms with Crippen LogP contribution in [0.4, 0.5) is 4.39 Å². The van der Waals surface area contributed by atoms with Crippen LogP contribution in [-0.4, -0.2) is 9.97 Å². The Hall–Kier alpha value is -1.71. The van der Waals surface area contributed by atoms with E-state index in [2.05, 4.69) is 9.97 Å². The molecule has 1 heterocycles. The molecule has 0 aliphatic carbocycles. The van der Waals surface area contributed by atoms with Crippen molar-refractivity contribution in [2.75, 3.05) is 0 Å². The van der Waals surface area contributed by atoms with Gasteiger partial charge in [0.1, 0.15) is 11.0 Å². The van der Waals surface area contributed by atoms with Gasteiger partial charge in [0, 0.05) is 10.9 Å². The van der Waals surface area contributed by atoms with Crippen LogP contribution < -0.4 is 0 Å². The Labute approximate surface area is 118 Å². The van der Waals surface area contributed by atoms with Crippen molar-refractivity contribution in [3.05, 3.63) is 58.5 Å². The third-order valence-corrected chi connectivity index (χ3v) is 3.34. The smallest absolute Gasteiger partial charge is 0.162 e. The number of rotatable bonds is 1. The highest BCUT2D eigenvalue weighted by molar-refractivity contribution is 6.34. The summed E-state index contributed by atoms with van der Waals surface area (Å²) in [7, 11) is 0. The second-order valence-corrected chi connectivity index (χ2v) is 4.74. The van der Waals surface area contributed by atoms with E-state index >= 15 is 0 Å². The quantitative estimate of drug-likeness (QED) is 0.605. The molecule has 0 N–H and O–H groups in total. The maximum Gasteiger partial charge on any atom is 0.162 e. The minimum atomic E-state index is -0.372. The topological polar surface area (TPSA) is 25.8 Å². The minimum absolute atomic E-state index is 0.208. The number of hydrogen-bond donors (Lipinski definition) is 0. The van der Waals surface area contributed by atoms with Gasteiger partial charge in [-0.2, -0.15) is 0 Å². The molecular weight excluding hydrogens is 286 g/mol. The van der Waals surface area contributed by atoms with Crippen LogP contribution in [0.1, 0.15) is 0 Å². The van der Waals surface area contributed by atoms with Crippen LogP contribution in [0, 0.1) is 5.82 Å². The van der Waals surface area contributed by atoms with Gasteiger partial charge in [-0.3, -0.25) is 0 Å². The van der Waals surface area contributed by atoms with E-state index in [-0.39, 0.29) is 11.0 Å². The number of aromatic nitrogens is 2. The Morgan fingerprint density at radius 1 is 0.947 bits per heavy atom. The molecule has 0 saturated carbocycles. The number of hydrogen-bond acceptors (Lipinski definition) is 2. The molecule has 5 heteroatoms. The summed E-state index contributed by atoms with van der Waals surface area (Å²) in [4.78, 5) is 8.54. The van der Waals surface area contributed by atoms with Crippen molar-refractivity contribution in [1.29, 1.82) is 0 Å². The monoisotopic (exact) mass is 292 g/mol. The zero-order valence-corrected chi connectivity index (χ0v) is 11.1. The maximum absolute atomic E-state index is 13.2. The molecule has 2 aromatic carbocycles. The normalized spacial score (nSPS) is 10.9. The van der Waals surface area contributed by atoms with Gasteiger partial charge < -0.3 is 0 Å². The first-order valence-corrected chi connectivity index (χ1v) is 6.28. The van der Waals surface area contributed by atoms with Crippen molar-refractivity contribution in [3.63, 3.8) is 0 Å². The second-order valence-electron chi connectivity index (χ2n) is 3.98. The first kappa shape index (κ1) is 12.3. The summed E-state index contributed by atoms with van der Waals surface area (Å²) >= 11 is 12.2. The van der Waals surface area contributed by atoms with Crippen molar-refractivity contribution in [1.82, 2.24) is 9.97 Å². The van der Waals surface area contributed by atoms with Crippen molar-refractivity contribution in [2.24, 2.45) is 0 Å². The fourth-order valence-electron chi connectivity index (χ4n) is 1.83. The number of halogens is 3. The highest BCUT2D eigenvalue weighted by atomic mass is 35.5. The Morgan fingerprint density at radius 2 is 1.74 bits per heavy atom. The molecule has 0 spiro atoms. The van der Waals surface area contributed by atoms with Gasteiger partial charge in [-0.05, 0) is 30.3 Å². The molecular formula is C14H7Cl2FN2. The predicted molar refractivity (Wildman–Crippen MR) is 75.0 cm³/mol. The number of nitrogens with zero attached hydrogens (tertiary/aromatic N) is 2. The van der Waals surface area contributed by atoms with Gasteiger partial charge in [0.15, 0.2) is 5.82 Å². The van der Waals surface area contributed by atoms with E-state index in [1.807, 2.05) is 18.2 Å². The summed E-state index contributed by atoms with van der Waals surface area (Å²) in [5, 5.41) is 1.23. The van der Waals surface area contributed by atoms with Crippen LogP contribution in [0.25, 0.3) is 22.3 Å². The molecule has 0 aliphatic heterocycles. The molecule has 0 saturated heterocycles. The predicted octanol–water partition coefficient (Wildman–Crippen LogP) is 4.74. The summed E-state index contributed by atoms with van der Waals surface area (Å²) in [6.07, 6.45) is 0. The summed E-state index contributed by atoms with van der Waals surface area (Å²) < 4.78 is 13.2. The molecule has 0 bridgehead atoms. The Morgan fingerprint density at radius 3 is 2.53 bits per heavy atom. The van der Waals surface area contributed by atoms with Crippen molar-refractivity contribution in [2.45, 2.75) is 0 Å². The number of fused-ring (bicyclic) bond motifs is 1. The lowest BCUT2D eigenvalue weighted by Crippen LogP contribution is -1.93. The van der Waals surface area contributed by atoms with Crippen LogP contribution in [0.5, 0.6) is 0 Å². The van der Waals surface area contributed by atoms with Gasteiger partial charge in [-0.1, -0.05) is 35.3 Å². The Kier molecular flexibility index (Phi) is 3.09. The second kappa shape index (κ2) is 4.76. The van der Waals surface area contributed by atoms with E-state index in [0.29, 0.717) is 27.3 Å². The van der Waals surface area contributed by atoms with Gasteiger partial charge in [0.05, 0.1) is 10.5 Å². The zero-order chi connectivity index (χ0) is 13.4. The lowest BCUT2D eigenvalue weighted by atomic mass is 10.2. The third kappa shape index (κ3) is 2.27. The standard InChI is InChI=1S/C14H7Cl2FN2/c15-11-4-2-1-3-9(11)14-18-12-6-5-8(17)7-10(12)13(16)19-14/h1-7H. The molecule has 0 radical (unpaired) electrons. The Balaban J connectivity index is 2.27. The van der Waals surface area contributed by atoms with Crippen LogP contribution in [0.3, 0.4) is 0 Å². The van der Waals surface area contributed by atoms with Crippen molar-refractivity contribution < 1.29 is 4.39 Å². The van der Waals surface area contributed by atoms with E-state index in [0.717, 1.165) is 0 Å². The van der Waals surface area contributed by atoms with Gasteiger partial charge >= 0.3 is 0 Å². The molecule has 94 valence electrons. The van der Waals surface area contributed by atoms with Crippen molar-refractivity contribution >= 4 is 34.1 Å². The van der Waals surface area contributed by atoms with E-state index in [4.69, 9.17) is 23.2 Å². The summed E-state index contributed by atoms with van der Waals surface area (Å²) in [5.74, 6) is 0.0539. The SMILES string of the molecule is Fc1ccc2nc(-c3ccccc3Cl)nc(Cl)c2c1. The average Bonchev–Trinajstić information content (AvgIpc) is 2.40. The molecule has 2 nitrogen and oxygen atoms in total.